The largest absolute Gasteiger partial charge is 0.497 e. The molecule has 0 radical (unpaired) electrons. The van der Waals surface area contributed by atoms with Gasteiger partial charge in [0.1, 0.15) is 17.4 Å². The number of ether oxygens (including phenoxy) is 1. The van der Waals surface area contributed by atoms with E-state index in [1.54, 1.807) is 43.5 Å². The summed E-state index contributed by atoms with van der Waals surface area (Å²) in [4.78, 5) is 16.2. The lowest BCUT2D eigenvalue weighted by Crippen LogP contribution is -2.28. The van der Waals surface area contributed by atoms with Crippen molar-refractivity contribution in [2.24, 2.45) is 0 Å². The van der Waals surface area contributed by atoms with E-state index in [0.717, 1.165) is 0 Å². The van der Waals surface area contributed by atoms with Gasteiger partial charge in [-0.25, -0.2) is 14.2 Å². The third-order valence-electron chi connectivity index (χ3n) is 3.38. The molecule has 128 valence electrons. The molecule has 0 spiro atoms. The van der Waals surface area contributed by atoms with Crippen LogP contribution < -0.4 is 15.4 Å². The van der Waals surface area contributed by atoms with E-state index in [1.165, 1.54) is 12.1 Å². The van der Waals surface area contributed by atoms with Gasteiger partial charge < -0.3 is 15.4 Å². The summed E-state index contributed by atoms with van der Waals surface area (Å²) in [5, 5.41) is 12.2. The Balaban J connectivity index is 1.56. The summed E-state index contributed by atoms with van der Waals surface area (Å²) in [7, 11) is 1.56. The molecular formula is C17H16FN5O2. The SMILES string of the molecule is COc1cccc(NC(=O)NCc2nc(-c3ccc(F)cc3)n[nH]2)c1. The van der Waals surface area contributed by atoms with Crippen molar-refractivity contribution in [1.29, 1.82) is 0 Å². The zero-order chi connectivity index (χ0) is 17.6. The van der Waals surface area contributed by atoms with Gasteiger partial charge in [-0.15, -0.1) is 0 Å². The highest BCUT2D eigenvalue weighted by Crippen LogP contribution is 2.17. The quantitative estimate of drug-likeness (QED) is 0.665. The molecule has 0 aliphatic heterocycles. The van der Waals surface area contributed by atoms with Crippen molar-refractivity contribution in [2.75, 3.05) is 12.4 Å². The molecule has 3 aromatic rings. The Morgan fingerprint density at radius 1 is 1.24 bits per heavy atom. The molecule has 0 atom stereocenters. The first kappa shape index (κ1) is 16.4. The summed E-state index contributed by atoms with van der Waals surface area (Å²) in [5.74, 6) is 1.25. The molecule has 0 bridgehead atoms. The number of rotatable bonds is 5. The fraction of sp³-hybridized carbons (Fsp3) is 0.118. The van der Waals surface area contributed by atoms with Crippen molar-refractivity contribution < 1.29 is 13.9 Å². The highest BCUT2D eigenvalue weighted by atomic mass is 19.1. The zero-order valence-corrected chi connectivity index (χ0v) is 13.4. The van der Waals surface area contributed by atoms with Crippen molar-refractivity contribution >= 4 is 11.7 Å². The molecule has 8 heteroatoms. The maximum atomic E-state index is 12.9. The van der Waals surface area contributed by atoms with Gasteiger partial charge in [0, 0.05) is 17.3 Å². The van der Waals surface area contributed by atoms with E-state index in [0.29, 0.717) is 28.6 Å². The van der Waals surface area contributed by atoms with Crippen LogP contribution in [-0.2, 0) is 6.54 Å². The highest BCUT2D eigenvalue weighted by molar-refractivity contribution is 5.89. The Bertz CT molecular complexity index is 863. The third-order valence-corrected chi connectivity index (χ3v) is 3.38. The lowest BCUT2D eigenvalue weighted by Gasteiger charge is -2.07. The third kappa shape index (κ3) is 4.31. The van der Waals surface area contributed by atoms with Crippen molar-refractivity contribution in [3.8, 4) is 17.1 Å². The van der Waals surface area contributed by atoms with Gasteiger partial charge in [-0.05, 0) is 36.4 Å². The number of H-pyrrole nitrogens is 1. The number of methoxy groups -OCH3 is 1. The number of urea groups is 1. The summed E-state index contributed by atoms with van der Waals surface area (Å²) >= 11 is 0. The molecule has 0 aliphatic carbocycles. The molecule has 0 aliphatic rings. The summed E-state index contributed by atoms with van der Waals surface area (Å²) in [5.41, 5.74) is 1.30. The number of hydrogen-bond donors (Lipinski definition) is 3. The van der Waals surface area contributed by atoms with E-state index in [1.807, 2.05) is 0 Å². The average Bonchev–Trinajstić information content (AvgIpc) is 3.10. The van der Waals surface area contributed by atoms with Crippen LogP contribution in [0.15, 0.2) is 48.5 Å². The first-order chi connectivity index (χ1) is 12.1. The van der Waals surface area contributed by atoms with Gasteiger partial charge in [0.15, 0.2) is 5.82 Å². The minimum atomic E-state index is -0.381. The Morgan fingerprint density at radius 3 is 2.80 bits per heavy atom. The molecule has 1 aromatic heterocycles. The van der Waals surface area contributed by atoms with Gasteiger partial charge in [0.2, 0.25) is 0 Å². The second-order valence-corrected chi connectivity index (χ2v) is 5.15. The fourth-order valence-electron chi connectivity index (χ4n) is 2.14. The number of nitrogens with one attached hydrogen (secondary N) is 3. The molecule has 0 fully saturated rings. The van der Waals surface area contributed by atoms with Crippen LogP contribution in [0.4, 0.5) is 14.9 Å². The van der Waals surface area contributed by atoms with E-state index >= 15 is 0 Å². The highest BCUT2D eigenvalue weighted by Gasteiger charge is 2.08. The number of nitrogens with zero attached hydrogens (tertiary/aromatic N) is 2. The molecule has 2 aromatic carbocycles. The Kier molecular flexibility index (Phi) is 4.89. The lowest BCUT2D eigenvalue weighted by molar-refractivity contribution is 0.251. The Hall–Kier alpha value is -3.42. The maximum Gasteiger partial charge on any atom is 0.319 e. The van der Waals surface area contributed by atoms with Crippen molar-refractivity contribution in [1.82, 2.24) is 20.5 Å². The molecular weight excluding hydrogens is 325 g/mol. The number of anilines is 1. The minimum absolute atomic E-state index is 0.171. The van der Waals surface area contributed by atoms with Crippen LogP contribution in [0, 0.1) is 5.82 Å². The Labute approximate surface area is 143 Å². The summed E-state index contributed by atoms with van der Waals surface area (Å²) in [6, 6.07) is 12.5. The standard InChI is InChI=1S/C17H16FN5O2/c1-25-14-4-2-3-13(9-14)20-17(24)19-10-15-21-16(23-22-15)11-5-7-12(18)8-6-11/h2-9H,10H2,1H3,(H2,19,20,24)(H,21,22,23). The number of aromatic amines is 1. The summed E-state index contributed by atoms with van der Waals surface area (Å²) < 4.78 is 18.0. The first-order valence-electron chi connectivity index (χ1n) is 7.50. The lowest BCUT2D eigenvalue weighted by atomic mass is 10.2. The summed E-state index contributed by atoms with van der Waals surface area (Å²) in [6.07, 6.45) is 0. The molecule has 7 nitrogen and oxygen atoms in total. The van der Waals surface area contributed by atoms with Crippen LogP contribution >= 0.6 is 0 Å². The number of hydrogen-bond acceptors (Lipinski definition) is 4. The van der Waals surface area contributed by atoms with Gasteiger partial charge in [0.05, 0.1) is 13.7 Å². The van der Waals surface area contributed by atoms with Crippen molar-refractivity contribution in [3.63, 3.8) is 0 Å². The van der Waals surface area contributed by atoms with E-state index in [9.17, 15) is 9.18 Å². The van der Waals surface area contributed by atoms with Crippen molar-refractivity contribution in [2.45, 2.75) is 6.54 Å². The predicted octanol–water partition coefficient (Wildman–Crippen LogP) is 2.94. The molecule has 3 rings (SSSR count). The number of aromatic nitrogens is 3. The number of carbonyl (C=O) groups is 1. The first-order valence-corrected chi connectivity index (χ1v) is 7.50. The van der Waals surface area contributed by atoms with Crippen LogP contribution in [0.25, 0.3) is 11.4 Å². The normalized spacial score (nSPS) is 10.3. The predicted molar refractivity (Wildman–Crippen MR) is 90.6 cm³/mol. The van der Waals surface area contributed by atoms with Crippen molar-refractivity contribution in [3.05, 3.63) is 60.2 Å². The van der Waals surface area contributed by atoms with Crippen LogP contribution in [-0.4, -0.2) is 28.3 Å². The topological polar surface area (TPSA) is 91.9 Å². The molecule has 3 N–H and O–H groups in total. The van der Waals surface area contributed by atoms with Gasteiger partial charge in [-0.3, -0.25) is 5.10 Å². The van der Waals surface area contributed by atoms with E-state index < -0.39 is 0 Å². The molecule has 0 saturated carbocycles. The number of amides is 2. The fourth-order valence-corrected chi connectivity index (χ4v) is 2.14. The molecule has 0 saturated heterocycles. The second-order valence-electron chi connectivity index (χ2n) is 5.15. The summed E-state index contributed by atoms with van der Waals surface area (Å²) in [6.45, 7) is 0.171. The number of carbonyl (C=O) groups excluding carboxylic acids is 1. The molecule has 2 amide bonds. The Morgan fingerprint density at radius 2 is 2.04 bits per heavy atom. The van der Waals surface area contributed by atoms with E-state index in [4.69, 9.17) is 4.74 Å². The number of halogens is 1. The monoisotopic (exact) mass is 341 g/mol. The van der Waals surface area contributed by atoms with Crippen LogP contribution in [0.2, 0.25) is 0 Å². The average molecular weight is 341 g/mol. The minimum Gasteiger partial charge on any atom is -0.497 e. The second kappa shape index (κ2) is 7.43. The van der Waals surface area contributed by atoms with Crippen LogP contribution in [0.5, 0.6) is 5.75 Å². The van der Waals surface area contributed by atoms with Gasteiger partial charge in [0.25, 0.3) is 0 Å². The van der Waals surface area contributed by atoms with E-state index in [-0.39, 0.29) is 18.4 Å². The van der Waals surface area contributed by atoms with E-state index in [2.05, 4.69) is 25.8 Å². The van der Waals surface area contributed by atoms with Crippen LogP contribution in [0.3, 0.4) is 0 Å². The zero-order valence-electron chi connectivity index (χ0n) is 13.4. The molecule has 1 heterocycles. The smallest absolute Gasteiger partial charge is 0.319 e. The van der Waals surface area contributed by atoms with Gasteiger partial charge in [-0.2, -0.15) is 5.10 Å². The van der Waals surface area contributed by atoms with Crippen LogP contribution in [0.1, 0.15) is 5.82 Å². The van der Waals surface area contributed by atoms with Gasteiger partial charge >= 0.3 is 6.03 Å². The molecule has 0 unspecified atom stereocenters. The van der Waals surface area contributed by atoms with Gasteiger partial charge in [-0.1, -0.05) is 6.07 Å². The molecule has 25 heavy (non-hydrogen) atoms. The maximum absolute atomic E-state index is 12.9. The number of benzene rings is 2.